The van der Waals surface area contributed by atoms with Gasteiger partial charge in [-0.25, -0.2) is 5.26 Å². The molecule has 1 heterocycles. The summed E-state index contributed by atoms with van der Waals surface area (Å²) < 4.78 is 5.39. The minimum Gasteiger partial charge on any atom is -0.394 e. The highest BCUT2D eigenvalue weighted by atomic mass is 16.5. The third-order valence-corrected chi connectivity index (χ3v) is 3.31. The Morgan fingerprint density at radius 2 is 2.23 bits per heavy atom. The smallest absolute Gasteiger partial charge is 0.268 e. The lowest BCUT2D eigenvalue weighted by molar-refractivity contribution is -0.0802. The maximum Gasteiger partial charge on any atom is 0.268 e. The molecule has 4 heteroatoms. The number of nitriles is 1. The molecule has 70 valence electrons. The SMILES string of the molecule is N#CB1CC2(C1)CC(OCCO)C2. The molecule has 1 saturated heterocycles. The number of hydrogen-bond donors (Lipinski definition) is 1. The third-order valence-electron chi connectivity index (χ3n) is 3.31. The first-order chi connectivity index (χ1) is 6.28. The van der Waals surface area contributed by atoms with E-state index in [1.54, 1.807) is 0 Å². The molecule has 2 rings (SSSR count). The van der Waals surface area contributed by atoms with E-state index in [9.17, 15) is 0 Å². The van der Waals surface area contributed by atoms with Crippen molar-refractivity contribution < 1.29 is 9.84 Å². The predicted octanol–water partition coefficient (Wildman–Crippen LogP) is 0.715. The van der Waals surface area contributed by atoms with Gasteiger partial charge < -0.3 is 9.84 Å². The molecule has 0 aromatic heterocycles. The molecular weight excluding hydrogens is 165 g/mol. The second-order valence-corrected chi connectivity index (χ2v) is 4.36. The van der Waals surface area contributed by atoms with Gasteiger partial charge in [-0.15, -0.1) is 0 Å². The Balaban J connectivity index is 1.66. The first-order valence-electron chi connectivity index (χ1n) is 4.90. The normalized spacial score (nSPS) is 25.1. The zero-order valence-corrected chi connectivity index (χ0v) is 7.70. The Bertz CT molecular complexity index is 224. The van der Waals surface area contributed by atoms with Gasteiger partial charge in [0, 0.05) is 5.97 Å². The Labute approximate surface area is 78.8 Å². The Morgan fingerprint density at radius 1 is 1.54 bits per heavy atom. The zero-order valence-electron chi connectivity index (χ0n) is 7.70. The Kier molecular flexibility index (Phi) is 2.31. The second kappa shape index (κ2) is 3.32. The molecule has 1 aliphatic heterocycles. The first kappa shape index (κ1) is 9.05. The largest absolute Gasteiger partial charge is 0.394 e. The van der Waals surface area contributed by atoms with E-state index in [0.29, 0.717) is 24.8 Å². The van der Waals surface area contributed by atoms with Gasteiger partial charge in [-0.3, -0.25) is 0 Å². The summed E-state index contributed by atoms with van der Waals surface area (Å²) in [5, 5.41) is 17.2. The fourth-order valence-corrected chi connectivity index (χ4v) is 2.65. The van der Waals surface area contributed by atoms with Crippen LogP contribution >= 0.6 is 0 Å². The van der Waals surface area contributed by atoms with Crippen molar-refractivity contribution in [1.29, 1.82) is 5.26 Å². The van der Waals surface area contributed by atoms with Crippen molar-refractivity contribution >= 4 is 6.71 Å². The molecule has 3 nitrogen and oxygen atoms in total. The van der Waals surface area contributed by atoms with Crippen LogP contribution < -0.4 is 0 Å². The third kappa shape index (κ3) is 1.59. The summed E-state index contributed by atoms with van der Waals surface area (Å²) in [7, 11) is 0. The van der Waals surface area contributed by atoms with Crippen molar-refractivity contribution in [2.75, 3.05) is 13.2 Å². The van der Waals surface area contributed by atoms with Crippen LogP contribution in [0, 0.1) is 16.6 Å². The predicted molar refractivity (Wildman–Crippen MR) is 49.5 cm³/mol. The molecule has 0 aromatic carbocycles. The molecule has 0 aromatic rings. The fourth-order valence-electron chi connectivity index (χ4n) is 2.65. The number of ether oxygens (including phenoxy) is 1. The lowest BCUT2D eigenvalue weighted by Crippen LogP contribution is -2.53. The van der Waals surface area contributed by atoms with E-state index in [2.05, 4.69) is 5.97 Å². The standard InChI is InChI=1S/C9H14BNO2/c11-7-10-5-9(6-10)3-8(4-9)13-2-1-12/h8,12H,1-6H2. The van der Waals surface area contributed by atoms with Crippen LogP contribution in [-0.2, 0) is 4.74 Å². The Hall–Kier alpha value is -0.525. The van der Waals surface area contributed by atoms with E-state index in [1.807, 2.05) is 0 Å². The average Bonchev–Trinajstić information content (AvgIpc) is 1.99. The van der Waals surface area contributed by atoms with Gasteiger partial charge in [0.25, 0.3) is 6.71 Å². The second-order valence-electron chi connectivity index (χ2n) is 4.36. The molecule has 1 N–H and O–H groups in total. The van der Waals surface area contributed by atoms with E-state index in [4.69, 9.17) is 15.1 Å². The van der Waals surface area contributed by atoms with Crippen LogP contribution in [0.1, 0.15) is 12.8 Å². The van der Waals surface area contributed by atoms with Crippen molar-refractivity contribution in [2.45, 2.75) is 31.6 Å². The van der Waals surface area contributed by atoms with Crippen molar-refractivity contribution in [2.24, 2.45) is 5.41 Å². The van der Waals surface area contributed by atoms with E-state index in [-0.39, 0.29) is 6.61 Å². The van der Waals surface area contributed by atoms with Crippen LogP contribution in [0.3, 0.4) is 0 Å². The maximum absolute atomic E-state index is 8.63. The molecule has 0 amide bonds. The molecule has 1 saturated carbocycles. The molecule has 13 heavy (non-hydrogen) atoms. The number of aliphatic hydroxyl groups excluding tert-OH is 1. The molecule has 0 radical (unpaired) electrons. The topological polar surface area (TPSA) is 53.2 Å². The maximum atomic E-state index is 8.63. The summed E-state index contributed by atoms with van der Waals surface area (Å²) in [6, 6.07) is 0. The van der Waals surface area contributed by atoms with Gasteiger partial charge in [-0.1, -0.05) is 12.6 Å². The van der Waals surface area contributed by atoms with E-state index >= 15 is 0 Å². The van der Waals surface area contributed by atoms with Crippen LogP contribution in [0.5, 0.6) is 0 Å². The zero-order chi connectivity index (χ0) is 9.31. The summed E-state index contributed by atoms with van der Waals surface area (Å²) in [6.07, 6.45) is 4.70. The van der Waals surface area contributed by atoms with Gasteiger partial charge in [-0.2, -0.15) is 0 Å². The number of aliphatic hydroxyl groups is 1. The first-order valence-corrected chi connectivity index (χ1v) is 4.90. The minimum absolute atomic E-state index is 0.115. The van der Waals surface area contributed by atoms with E-state index < -0.39 is 0 Å². The molecule has 2 fully saturated rings. The lowest BCUT2D eigenvalue weighted by atomic mass is 9.24. The van der Waals surface area contributed by atoms with Crippen molar-refractivity contribution in [3.8, 4) is 5.97 Å². The van der Waals surface area contributed by atoms with Gasteiger partial charge in [0.15, 0.2) is 0 Å². The lowest BCUT2D eigenvalue weighted by Gasteiger charge is -2.54. The van der Waals surface area contributed by atoms with Crippen molar-refractivity contribution in [3.63, 3.8) is 0 Å². The van der Waals surface area contributed by atoms with Crippen LogP contribution in [0.2, 0.25) is 12.6 Å². The highest BCUT2D eigenvalue weighted by Crippen LogP contribution is 2.57. The van der Waals surface area contributed by atoms with Crippen molar-refractivity contribution in [3.05, 3.63) is 0 Å². The molecule has 0 atom stereocenters. The highest BCUT2D eigenvalue weighted by Gasteiger charge is 2.54. The number of rotatable bonds is 3. The van der Waals surface area contributed by atoms with Crippen LogP contribution in [0.4, 0.5) is 0 Å². The van der Waals surface area contributed by atoms with Crippen LogP contribution in [0.15, 0.2) is 0 Å². The molecule has 1 aliphatic carbocycles. The van der Waals surface area contributed by atoms with Gasteiger partial charge in [0.1, 0.15) is 0 Å². The summed E-state index contributed by atoms with van der Waals surface area (Å²) in [6.45, 7) is 0.881. The van der Waals surface area contributed by atoms with Crippen molar-refractivity contribution in [1.82, 2.24) is 0 Å². The summed E-state index contributed by atoms with van der Waals surface area (Å²) >= 11 is 0. The number of hydrogen-bond acceptors (Lipinski definition) is 3. The molecule has 0 bridgehead atoms. The van der Waals surface area contributed by atoms with Gasteiger partial charge in [0.05, 0.1) is 19.3 Å². The fraction of sp³-hybridized carbons (Fsp3) is 0.889. The minimum atomic E-state index is 0.115. The number of nitrogens with zero attached hydrogens (tertiary/aromatic N) is 1. The average molecular weight is 179 g/mol. The highest BCUT2D eigenvalue weighted by molar-refractivity contribution is 6.70. The molecule has 1 spiro atoms. The monoisotopic (exact) mass is 179 g/mol. The quantitative estimate of drug-likeness (QED) is 0.649. The molecule has 0 unspecified atom stereocenters. The summed E-state index contributed by atoms with van der Waals surface area (Å²) in [5.74, 6) is 2.30. The van der Waals surface area contributed by atoms with E-state index in [1.165, 1.54) is 0 Å². The van der Waals surface area contributed by atoms with Crippen LogP contribution in [0.25, 0.3) is 0 Å². The molecular formula is C9H14BNO2. The van der Waals surface area contributed by atoms with Crippen LogP contribution in [-0.4, -0.2) is 31.1 Å². The molecule has 2 aliphatic rings. The summed E-state index contributed by atoms with van der Waals surface area (Å²) in [5.41, 5.74) is 0.459. The summed E-state index contributed by atoms with van der Waals surface area (Å²) in [4.78, 5) is 0. The van der Waals surface area contributed by atoms with Gasteiger partial charge in [-0.05, 0) is 18.3 Å². The van der Waals surface area contributed by atoms with Gasteiger partial charge in [0.2, 0.25) is 0 Å². The van der Waals surface area contributed by atoms with E-state index in [0.717, 1.165) is 25.5 Å². The van der Waals surface area contributed by atoms with Gasteiger partial charge >= 0.3 is 0 Å². The Morgan fingerprint density at radius 3 is 2.77 bits per heavy atom.